The van der Waals surface area contributed by atoms with Gasteiger partial charge in [-0.25, -0.2) is 13.1 Å². The topological polar surface area (TPSA) is 81.4 Å². The molecule has 0 spiro atoms. The molecule has 0 radical (unpaired) electrons. The average molecular weight is 327 g/mol. The molecule has 0 aromatic heterocycles. The summed E-state index contributed by atoms with van der Waals surface area (Å²) in [6.07, 6.45) is 0. The third-order valence-electron chi connectivity index (χ3n) is 2.89. The molecule has 0 unspecified atom stereocenters. The highest BCUT2D eigenvalue weighted by atomic mass is 35.5. The summed E-state index contributed by atoms with van der Waals surface area (Å²) < 4.78 is 32.0. The summed E-state index contributed by atoms with van der Waals surface area (Å²) in [6.45, 7) is 0.158. The van der Waals surface area contributed by atoms with Crippen molar-refractivity contribution in [1.29, 1.82) is 0 Å². The highest BCUT2D eigenvalue weighted by molar-refractivity contribution is 7.89. The minimum absolute atomic E-state index is 0.0252. The van der Waals surface area contributed by atoms with Crippen LogP contribution in [0.15, 0.2) is 47.4 Å². The van der Waals surface area contributed by atoms with Crippen LogP contribution in [0.1, 0.15) is 5.56 Å². The number of ether oxygens (including phenoxy) is 1. The zero-order chi connectivity index (χ0) is 15.5. The Bertz CT molecular complexity index is 730. The molecule has 0 aliphatic carbocycles. The third kappa shape index (κ3) is 3.87. The predicted octanol–water partition coefficient (Wildman–Crippen LogP) is 2.41. The number of nitrogens with two attached hydrogens (primary N) is 1. The van der Waals surface area contributed by atoms with Gasteiger partial charge in [-0.05, 0) is 29.8 Å². The van der Waals surface area contributed by atoms with Crippen LogP contribution in [-0.4, -0.2) is 15.5 Å². The average Bonchev–Trinajstić information content (AvgIpc) is 2.46. The maximum Gasteiger partial charge on any atom is 0.242 e. The van der Waals surface area contributed by atoms with Crippen LogP contribution in [-0.2, 0) is 16.6 Å². The molecule has 0 amide bonds. The van der Waals surface area contributed by atoms with Gasteiger partial charge in [0.1, 0.15) is 10.6 Å². The quantitative estimate of drug-likeness (QED) is 0.827. The lowest BCUT2D eigenvalue weighted by Gasteiger charge is -2.10. The van der Waals surface area contributed by atoms with Crippen LogP contribution in [0, 0.1) is 0 Å². The summed E-state index contributed by atoms with van der Waals surface area (Å²) in [5.74, 6) is 0.504. The zero-order valence-electron chi connectivity index (χ0n) is 11.3. The minimum atomic E-state index is -3.69. The van der Waals surface area contributed by atoms with E-state index in [0.717, 1.165) is 5.56 Å². The molecular formula is C14H15ClN2O3S. The molecule has 3 N–H and O–H groups in total. The van der Waals surface area contributed by atoms with Gasteiger partial charge in [0.2, 0.25) is 10.0 Å². The van der Waals surface area contributed by atoms with Crippen molar-refractivity contribution in [2.24, 2.45) is 0 Å². The predicted molar refractivity (Wildman–Crippen MR) is 82.9 cm³/mol. The number of nitrogens with one attached hydrogen (secondary N) is 1. The molecule has 21 heavy (non-hydrogen) atoms. The van der Waals surface area contributed by atoms with Crippen molar-refractivity contribution in [1.82, 2.24) is 4.72 Å². The summed E-state index contributed by atoms with van der Waals surface area (Å²) in [6, 6.07) is 11.3. The molecule has 2 aromatic carbocycles. The molecule has 2 rings (SSSR count). The summed E-state index contributed by atoms with van der Waals surface area (Å²) in [7, 11) is -2.20. The molecule has 0 aliphatic rings. The monoisotopic (exact) mass is 326 g/mol. The molecular weight excluding hydrogens is 312 g/mol. The SMILES string of the molecule is COc1ccc(S(=O)(=O)NCc2ccc(Cl)cc2)c(N)c1. The van der Waals surface area contributed by atoms with Crippen molar-refractivity contribution in [3.8, 4) is 5.75 Å². The van der Waals surface area contributed by atoms with Gasteiger partial charge in [0.15, 0.2) is 0 Å². The first-order valence-electron chi connectivity index (χ1n) is 6.10. The van der Waals surface area contributed by atoms with Crippen LogP contribution >= 0.6 is 11.6 Å². The van der Waals surface area contributed by atoms with E-state index < -0.39 is 10.0 Å². The van der Waals surface area contributed by atoms with Crippen LogP contribution in [0.3, 0.4) is 0 Å². The van der Waals surface area contributed by atoms with Gasteiger partial charge in [-0.1, -0.05) is 23.7 Å². The van der Waals surface area contributed by atoms with Crippen LogP contribution in [0.25, 0.3) is 0 Å². The van der Waals surface area contributed by atoms with Gasteiger partial charge < -0.3 is 10.5 Å². The van der Waals surface area contributed by atoms with Crippen molar-refractivity contribution >= 4 is 27.3 Å². The van der Waals surface area contributed by atoms with E-state index in [2.05, 4.69) is 4.72 Å². The Morgan fingerprint density at radius 1 is 1.19 bits per heavy atom. The maximum atomic E-state index is 12.2. The fraction of sp³-hybridized carbons (Fsp3) is 0.143. The first-order valence-corrected chi connectivity index (χ1v) is 7.96. The molecule has 0 saturated carbocycles. The van der Waals surface area contributed by atoms with E-state index in [1.165, 1.54) is 19.2 Å². The number of hydrogen-bond donors (Lipinski definition) is 2. The first kappa shape index (κ1) is 15.6. The maximum absolute atomic E-state index is 12.2. The number of nitrogen functional groups attached to an aromatic ring is 1. The van der Waals surface area contributed by atoms with Gasteiger partial charge in [0.05, 0.1) is 12.8 Å². The summed E-state index contributed by atoms with van der Waals surface area (Å²) >= 11 is 5.78. The summed E-state index contributed by atoms with van der Waals surface area (Å²) in [5.41, 5.74) is 6.69. The molecule has 112 valence electrons. The molecule has 0 fully saturated rings. The second-order valence-electron chi connectivity index (χ2n) is 4.35. The van der Waals surface area contributed by atoms with E-state index in [0.29, 0.717) is 10.8 Å². The number of sulfonamides is 1. The second kappa shape index (κ2) is 6.34. The second-order valence-corrected chi connectivity index (χ2v) is 6.53. The van der Waals surface area contributed by atoms with Gasteiger partial charge in [-0.15, -0.1) is 0 Å². The Labute approximate surface area is 128 Å². The first-order chi connectivity index (χ1) is 9.92. The molecule has 0 aliphatic heterocycles. The number of halogens is 1. The molecule has 5 nitrogen and oxygen atoms in total. The molecule has 0 heterocycles. The van der Waals surface area contributed by atoms with Crippen molar-refractivity contribution in [2.75, 3.05) is 12.8 Å². The van der Waals surface area contributed by atoms with Gasteiger partial charge in [0.25, 0.3) is 0 Å². The van der Waals surface area contributed by atoms with Gasteiger partial charge in [-0.2, -0.15) is 0 Å². The van der Waals surface area contributed by atoms with E-state index in [9.17, 15) is 8.42 Å². The van der Waals surface area contributed by atoms with Gasteiger partial charge in [-0.3, -0.25) is 0 Å². The number of anilines is 1. The number of rotatable bonds is 5. The lowest BCUT2D eigenvalue weighted by atomic mass is 10.2. The molecule has 0 bridgehead atoms. The summed E-state index contributed by atoms with van der Waals surface area (Å²) in [5, 5.41) is 0.598. The van der Waals surface area contributed by atoms with E-state index in [1.54, 1.807) is 30.3 Å². The Kier molecular flexibility index (Phi) is 4.72. The highest BCUT2D eigenvalue weighted by Crippen LogP contribution is 2.23. The zero-order valence-corrected chi connectivity index (χ0v) is 12.9. The Balaban J connectivity index is 2.16. The number of benzene rings is 2. The highest BCUT2D eigenvalue weighted by Gasteiger charge is 2.17. The molecule has 2 aromatic rings. The third-order valence-corrected chi connectivity index (χ3v) is 4.61. The lowest BCUT2D eigenvalue weighted by molar-refractivity contribution is 0.414. The standard InChI is InChI=1S/C14H15ClN2O3S/c1-20-12-6-7-14(13(16)8-12)21(18,19)17-9-10-2-4-11(15)5-3-10/h2-8,17H,9,16H2,1H3. The lowest BCUT2D eigenvalue weighted by Crippen LogP contribution is -2.24. The largest absolute Gasteiger partial charge is 0.497 e. The van der Waals surface area contributed by atoms with E-state index in [-0.39, 0.29) is 17.1 Å². The molecule has 7 heteroatoms. The normalized spacial score (nSPS) is 11.3. The van der Waals surface area contributed by atoms with E-state index in [1.807, 2.05) is 0 Å². The van der Waals surface area contributed by atoms with Crippen LogP contribution < -0.4 is 15.2 Å². The smallest absolute Gasteiger partial charge is 0.242 e. The summed E-state index contributed by atoms with van der Waals surface area (Å²) in [4.78, 5) is 0.0252. The number of hydrogen-bond acceptors (Lipinski definition) is 4. The molecule has 0 atom stereocenters. The van der Waals surface area contributed by atoms with Crippen molar-refractivity contribution in [2.45, 2.75) is 11.4 Å². The van der Waals surface area contributed by atoms with Crippen molar-refractivity contribution in [3.63, 3.8) is 0 Å². The number of methoxy groups -OCH3 is 1. The van der Waals surface area contributed by atoms with E-state index >= 15 is 0 Å². The minimum Gasteiger partial charge on any atom is -0.497 e. The fourth-order valence-electron chi connectivity index (χ4n) is 1.76. The van der Waals surface area contributed by atoms with Crippen LogP contribution in [0.4, 0.5) is 5.69 Å². The van der Waals surface area contributed by atoms with Crippen molar-refractivity contribution in [3.05, 3.63) is 53.1 Å². The Morgan fingerprint density at radius 2 is 1.86 bits per heavy atom. The fourth-order valence-corrected chi connectivity index (χ4v) is 3.01. The van der Waals surface area contributed by atoms with Crippen molar-refractivity contribution < 1.29 is 13.2 Å². The Hall–Kier alpha value is -1.76. The molecule has 0 saturated heterocycles. The Morgan fingerprint density at radius 3 is 2.43 bits per heavy atom. The van der Waals surface area contributed by atoms with Gasteiger partial charge >= 0.3 is 0 Å². The van der Waals surface area contributed by atoms with Crippen LogP contribution in [0.5, 0.6) is 5.75 Å². The van der Waals surface area contributed by atoms with E-state index in [4.69, 9.17) is 22.1 Å². The van der Waals surface area contributed by atoms with Gasteiger partial charge in [0, 0.05) is 17.6 Å². The van der Waals surface area contributed by atoms with Crippen LogP contribution in [0.2, 0.25) is 5.02 Å².